The Labute approximate surface area is 112 Å². The SMILES string of the molecule is COc1ccc(C(Cc2ccccc2)NN)c(F)c1. The van der Waals surface area contributed by atoms with Crippen molar-refractivity contribution in [3.8, 4) is 5.75 Å². The van der Waals surface area contributed by atoms with Crippen molar-refractivity contribution in [1.82, 2.24) is 5.43 Å². The van der Waals surface area contributed by atoms with Crippen LogP contribution in [-0.4, -0.2) is 7.11 Å². The zero-order valence-corrected chi connectivity index (χ0v) is 10.8. The van der Waals surface area contributed by atoms with Gasteiger partial charge < -0.3 is 4.74 Å². The topological polar surface area (TPSA) is 47.3 Å². The maximum Gasteiger partial charge on any atom is 0.131 e. The zero-order valence-electron chi connectivity index (χ0n) is 10.8. The Bertz CT molecular complexity index is 531. The second-order valence-electron chi connectivity index (χ2n) is 4.30. The van der Waals surface area contributed by atoms with Crippen LogP contribution >= 0.6 is 0 Å². The number of ether oxygens (including phenoxy) is 1. The second-order valence-corrected chi connectivity index (χ2v) is 4.30. The molecule has 19 heavy (non-hydrogen) atoms. The first-order valence-electron chi connectivity index (χ1n) is 6.08. The molecule has 0 saturated carbocycles. The highest BCUT2D eigenvalue weighted by Crippen LogP contribution is 2.24. The summed E-state index contributed by atoms with van der Waals surface area (Å²) in [4.78, 5) is 0. The van der Waals surface area contributed by atoms with E-state index in [-0.39, 0.29) is 11.9 Å². The highest BCUT2D eigenvalue weighted by Gasteiger charge is 2.15. The average molecular weight is 260 g/mol. The summed E-state index contributed by atoms with van der Waals surface area (Å²) in [5.74, 6) is 5.72. The van der Waals surface area contributed by atoms with Crippen LogP contribution in [0.15, 0.2) is 48.5 Å². The quantitative estimate of drug-likeness (QED) is 0.641. The first-order chi connectivity index (χ1) is 9.24. The Morgan fingerprint density at radius 3 is 2.53 bits per heavy atom. The molecule has 4 heteroatoms. The number of nitrogens with two attached hydrogens (primary N) is 1. The number of hydrogen-bond donors (Lipinski definition) is 2. The molecule has 1 unspecified atom stereocenters. The van der Waals surface area contributed by atoms with Crippen LogP contribution in [0.1, 0.15) is 17.2 Å². The average Bonchev–Trinajstić information content (AvgIpc) is 2.46. The maximum absolute atomic E-state index is 14.0. The van der Waals surface area contributed by atoms with Crippen molar-refractivity contribution in [2.45, 2.75) is 12.5 Å². The van der Waals surface area contributed by atoms with Crippen molar-refractivity contribution in [1.29, 1.82) is 0 Å². The molecule has 0 radical (unpaired) electrons. The number of nitrogens with one attached hydrogen (secondary N) is 1. The Morgan fingerprint density at radius 1 is 1.21 bits per heavy atom. The standard InChI is InChI=1S/C15H17FN2O/c1-19-12-7-8-13(14(16)10-12)15(18-17)9-11-5-3-2-4-6-11/h2-8,10,15,18H,9,17H2,1H3. The van der Waals surface area contributed by atoms with Crippen LogP contribution < -0.4 is 16.0 Å². The molecule has 0 aromatic heterocycles. The van der Waals surface area contributed by atoms with E-state index in [2.05, 4.69) is 5.43 Å². The molecule has 0 amide bonds. The summed E-state index contributed by atoms with van der Waals surface area (Å²) < 4.78 is 19.0. The fourth-order valence-electron chi connectivity index (χ4n) is 2.03. The largest absolute Gasteiger partial charge is 0.497 e. The van der Waals surface area contributed by atoms with Gasteiger partial charge in [0.05, 0.1) is 13.2 Å². The first-order valence-corrected chi connectivity index (χ1v) is 6.08. The van der Waals surface area contributed by atoms with Gasteiger partial charge in [-0.1, -0.05) is 36.4 Å². The van der Waals surface area contributed by atoms with Crippen LogP contribution in [0.25, 0.3) is 0 Å². The number of benzene rings is 2. The molecule has 3 nitrogen and oxygen atoms in total. The molecular weight excluding hydrogens is 243 g/mol. The molecule has 0 bridgehead atoms. The van der Waals surface area contributed by atoms with E-state index in [1.165, 1.54) is 13.2 Å². The lowest BCUT2D eigenvalue weighted by Gasteiger charge is -2.17. The third-order valence-corrected chi connectivity index (χ3v) is 3.07. The molecule has 0 aliphatic carbocycles. The third kappa shape index (κ3) is 3.30. The minimum Gasteiger partial charge on any atom is -0.497 e. The number of hydrogen-bond acceptors (Lipinski definition) is 3. The summed E-state index contributed by atoms with van der Waals surface area (Å²) in [6.45, 7) is 0. The third-order valence-electron chi connectivity index (χ3n) is 3.07. The number of hydrazine groups is 1. The van der Waals surface area contributed by atoms with Gasteiger partial charge in [0.15, 0.2) is 0 Å². The number of halogens is 1. The van der Waals surface area contributed by atoms with Gasteiger partial charge in [-0.3, -0.25) is 11.3 Å². The van der Waals surface area contributed by atoms with Crippen molar-refractivity contribution in [3.63, 3.8) is 0 Å². The van der Waals surface area contributed by atoms with Crippen LogP contribution in [0, 0.1) is 5.82 Å². The van der Waals surface area contributed by atoms with Crippen molar-refractivity contribution in [2.24, 2.45) is 5.84 Å². The van der Waals surface area contributed by atoms with E-state index in [1.807, 2.05) is 30.3 Å². The Morgan fingerprint density at radius 2 is 1.95 bits per heavy atom. The van der Waals surface area contributed by atoms with Gasteiger partial charge in [0, 0.05) is 11.6 Å². The predicted molar refractivity (Wildman–Crippen MR) is 73.2 cm³/mol. The van der Waals surface area contributed by atoms with Gasteiger partial charge in [-0.15, -0.1) is 0 Å². The lowest BCUT2D eigenvalue weighted by atomic mass is 9.99. The Kier molecular flexibility index (Phi) is 4.49. The van der Waals surface area contributed by atoms with Gasteiger partial charge >= 0.3 is 0 Å². The molecule has 0 saturated heterocycles. The molecule has 2 rings (SSSR count). The van der Waals surface area contributed by atoms with Gasteiger partial charge in [0.25, 0.3) is 0 Å². The zero-order chi connectivity index (χ0) is 13.7. The van der Waals surface area contributed by atoms with Gasteiger partial charge in [0.1, 0.15) is 11.6 Å². The smallest absolute Gasteiger partial charge is 0.131 e. The van der Waals surface area contributed by atoms with Crippen molar-refractivity contribution in [3.05, 3.63) is 65.5 Å². The second kappa shape index (κ2) is 6.31. The molecule has 0 fully saturated rings. The van der Waals surface area contributed by atoms with E-state index in [1.54, 1.807) is 12.1 Å². The molecule has 0 heterocycles. The highest BCUT2D eigenvalue weighted by atomic mass is 19.1. The molecular formula is C15H17FN2O. The Hall–Kier alpha value is -1.91. The van der Waals surface area contributed by atoms with Crippen LogP contribution in [0.5, 0.6) is 5.75 Å². The predicted octanol–water partition coefficient (Wildman–Crippen LogP) is 2.58. The molecule has 0 aliphatic rings. The summed E-state index contributed by atoms with van der Waals surface area (Å²) in [6, 6.07) is 14.4. The summed E-state index contributed by atoms with van der Waals surface area (Å²) in [7, 11) is 1.51. The van der Waals surface area contributed by atoms with Gasteiger partial charge in [-0.05, 0) is 18.1 Å². The van der Waals surface area contributed by atoms with Crippen molar-refractivity contribution in [2.75, 3.05) is 7.11 Å². The van der Waals surface area contributed by atoms with Crippen molar-refractivity contribution < 1.29 is 9.13 Å². The fraction of sp³-hybridized carbons (Fsp3) is 0.200. The molecule has 0 aliphatic heterocycles. The lowest BCUT2D eigenvalue weighted by Crippen LogP contribution is -2.30. The molecule has 100 valence electrons. The highest BCUT2D eigenvalue weighted by molar-refractivity contribution is 5.32. The number of rotatable bonds is 5. The minimum atomic E-state index is -0.321. The molecule has 3 N–H and O–H groups in total. The van der Waals surface area contributed by atoms with E-state index in [0.29, 0.717) is 17.7 Å². The first kappa shape index (κ1) is 13.5. The summed E-state index contributed by atoms with van der Waals surface area (Å²) in [5.41, 5.74) is 4.30. The maximum atomic E-state index is 14.0. The van der Waals surface area contributed by atoms with E-state index < -0.39 is 0 Å². The van der Waals surface area contributed by atoms with Crippen LogP contribution in [0.4, 0.5) is 4.39 Å². The Balaban J connectivity index is 2.22. The minimum absolute atomic E-state index is 0.270. The fourth-order valence-corrected chi connectivity index (χ4v) is 2.03. The van der Waals surface area contributed by atoms with E-state index in [0.717, 1.165) is 5.56 Å². The summed E-state index contributed by atoms with van der Waals surface area (Å²) in [6.07, 6.45) is 0.626. The molecule has 2 aromatic rings. The van der Waals surface area contributed by atoms with Gasteiger partial charge in [0.2, 0.25) is 0 Å². The van der Waals surface area contributed by atoms with E-state index in [4.69, 9.17) is 10.6 Å². The van der Waals surface area contributed by atoms with Gasteiger partial charge in [-0.25, -0.2) is 4.39 Å². The van der Waals surface area contributed by atoms with E-state index >= 15 is 0 Å². The van der Waals surface area contributed by atoms with E-state index in [9.17, 15) is 4.39 Å². The molecule has 1 atom stereocenters. The monoisotopic (exact) mass is 260 g/mol. The molecule has 2 aromatic carbocycles. The molecule has 0 spiro atoms. The lowest BCUT2D eigenvalue weighted by molar-refractivity contribution is 0.409. The number of methoxy groups -OCH3 is 1. The normalized spacial score (nSPS) is 12.2. The van der Waals surface area contributed by atoms with Crippen LogP contribution in [0.2, 0.25) is 0 Å². The van der Waals surface area contributed by atoms with Crippen LogP contribution in [-0.2, 0) is 6.42 Å². The summed E-state index contributed by atoms with van der Waals surface area (Å²) >= 11 is 0. The van der Waals surface area contributed by atoms with Crippen LogP contribution in [0.3, 0.4) is 0 Å². The van der Waals surface area contributed by atoms with Gasteiger partial charge in [-0.2, -0.15) is 0 Å². The summed E-state index contributed by atoms with van der Waals surface area (Å²) in [5, 5.41) is 0. The van der Waals surface area contributed by atoms with Crippen molar-refractivity contribution >= 4 is 0 Å².